The molecule has 8 heteroatoms. The molecule has 2 atom stereocenters. The molecule has 7 nitrogen and oxygen atoms in total. The Morgan fingerprint density at radius 3 is 2.47 bits per heavy atom. The van der Waals surface area contributed by atoms with Crippen LogP contribution in [0.3, 0.4) is 0 Å². The second-order valence-corrected chi connectivity index (χ2v) is 11.6. The fraction of sp³-hybridized carbons (Fsp3) is 0.654. The van der Waals surface area contributed by atoms with Gasteiger partial charge in [0, 0.05) is 67.8 Å². The summed E-state index contributed by atoms with van der Waals surface area (Å²) in [5, 5.41) is 1.15. The highest BCUT2D eigenvalue weighted by atomic mass is 32.1. The maximum atomic E-state index is 12.9. The molecule has 1 aromatic heterocycles. The van der Waals surface area contributed by atoms with Gasteiger partial charge in [0.05, 0.1) is 0 Å². The zero-order valence-electron chi connectivity index (χ0n) is 20.6. The van der Waals surface area contributed by atoms with Crippen LogP contribution < -0.4 is 9.80 Å². The molecule has 2 bridgehead atoms. The van der Waals surface area contributed by atoms with E-state index < -0.39 is 0 Å². The summed E-state index contributed by atoms with van der Waals surface area (Å²) < 4.78 is 4.55. The highest BCUT2D eigenvalue weighted by Crippen LogP contribution is 2.48. The second-order valence-electron chi connectivity index (χ2n) is 10.9. The maximum absolute atomic E-state index is 12.9. The number of fused-ring (bicyclic) bond motifs is 4. The number of hydrogen-bond acceptors (Lipinski definition) is 6. The Morgan fingerprint density at radius 1 is 1.12 bits per heavy atom. The molecule has 0 N–H and O–H groups in total. The van der Waals surface area contributed by atoms with Gasteiger partial charge in [0.15, 0.2) is 0 Å². The molecule has 0 saturated carbocycles. The summed E-state index contributed by atoms with van der Waals surface area (Å²) in [5.41, 5.74) is 2.59. The van der Waals surface area contributed by atoms with E-state index in [2.05, 4.69) is 45.4 Å². The molecule has 2 aromatic rings. The average molecular weight is 481 g/mol. The SMILES string of the molecule is CCc1nsc(N2C3CCC2CC(N2CCC4(CC2)CN(C(=O)N(C)C)c2ccccc24)C3)n1. The number of piperidine rings is 2. The van der Waals surface area contributed by atoms with Crippen LogP contribution in [0.2, 0.25) is 0 Å². The van der Waals surface area contributed by atoms with E-state index in [1.807, 2.05) is 19.0 Å². The van der Waals surface area contributed by atoms with Gasteiger partial charge in [-0.1, -0.05) is 25.1 Å². The second kappa shape index (κ2) is 8.48. The van der Waals surface area contributed by atoms with Crippen LogP contribution in [0.25, 0.3) is 0 Å². The van der Waals surface area contributed by atoms with E-state index in [1.165, 1.54) is 31.2 Å². The Balaban J connectivity index is 1.15. The monoisotopic (exact) mass is 480 g/mol. The third kappa shape index (κ3) is 3.52. The van der Waals surface area contributed by atoms with Crippen LogP contribution in [0.1, 0.15) is 56.8 Å². The molecule has 34 heavy (non-hydrogen) atoms. The molecule has 3 fully saturated rings. The lowest BCUT2D eigenvalue weighted by Gasteiger charge is -2.47. The molecule has 182 valence electrons. The molecule has 0 radical (unpaired) electrons. The highest BCUT2D eigenvalue weighted by Gasteiger charge is 2.49. The molecule has 4 aliphatic heterocycles. The topological polar surface area (TPSA) is 55.8 Å². The number of para-hydroxylation sites is 1. The average Bonchev–Trinajstić information content (AvgIpc) is 3.52. The van der Waals surface area contributed by atoms with E-state index in [1.54, 1.807) is 16.4 Å². The minimum absolute atomic E-state index is 0.0959. The number of amides is 2. The molecule has 6 rings (SSSR count). The summed E-state index contributed by atoms with van der Waals surface area (Å²) in [4.78, 5) is 26.8. The third-order valence-electron chi connectivity index (χ3n) is 8.81. The van der Waals surface area contributed by atoms with Gasteiger partial charge in [-0.05, 0) is 63.2 Å². The van der Waals surface area contributed by atoms with Gasteiger partial charge >= 0.3 is 6.03 Å². The van der Waals surface area contributed by atoms with Gasteiger partial charge in [-0.2, -0.15) is 4.37 Å². The van der Waals surface area contributed by atoms with Crippen LogP contribution in [0.15, 0.2) is 24.3 Å². The van der Waals surface area contributed by atoms with Crippen molar-refractivity contribution in [1.29, 1.82) is 0 Å². The first-order valence-corrected chi connectivity index (χ1v) is 13.7. The molecule has 1 spiro atoms. The fourth-order valence-electron chi connectivity index (χ4n) is 7.04. The van der Waals surface area contributed by atoms with Crippen molar-refractivity contribution in [2.75, 3.05) is 43.5 Å². The van der Waals surface area contributed by atoms with Crippen LogP contribution >= 0.6 is 11.5 Å². The molecule has 2 unspecified atom stereocenters. The van der Waals surface area contributed by atoms with Gasteiger partial charge in [-0.3, -0.25) is 4.90 Å². The highest BCUT2D eigenvalue weighted by molar-refractivity contribution is 7.09. The van der Waals surface area contributed by atoms with Crippen molar-refractivity contribution in [2.45, 2.75) is 75.4 Å². The van der Waals surface area contributed by atoms with Crippen molar-refractivity contribution < 1.29 is 4.79 Å². The van der Waals surface area contributed by atoms with Crippen molar-refractivity contribution in [3.63, 3.8) is 0 Å². The first-order valence-electron chi connectivity index (χ1n) is 12.9. The smallest absolute Gasteiger partial charge is 0.323 e. The molecule has 5 heterocycles. The van der Waals surface area contributed by atoms with E-state index in [9.17, 15) is 4.79 Å². The Bertz CT molecular complexity index is 1050. The van der Waals surface area contributed by atoms with Crippen molar-refractivity contribution in [1.82, 2.24) is 19.2 Å². The number of urea groups is 1. The zero-order chi connectivity index (χ0) is 23.4. The predicted octanol–water partition coefficient (Wildman–Crippen LogP) is 4.14. The number of nitrogens with zero attached hydrogens (tertiary/aromatic N) is 6. The Kier molecular flexibility index (Phi) is 5.56. The van der Waals surface area contributed by atoms with Gasteiger partial charge in [-0.15, -0.1) is 0 Å². The molecular weight excluding hydrogens is 444 g/mol. The van der Waals surface area contributed by atoms with E-state index in [0.717, 1.165) is 55.5 Å². The lowest BCUT2D eigenvalue weighted by Crippen LogP contribution is -2.54. The normalized spacial score (nSPS) is 27.9. The molecular formula is C26H36N6OS. The number of likely N-dealkylation sites (tertiary alicyclic amines) is 1. The molecule has 2 amide bonds. The summed E-state index contributed by atoms with van der Waals surface area (Å²) in [6.45, 7) is 5.20. The van der Waals surface area contributed by atoms with E-state index in [0.29, 0.717) is 18.1 Å². The van der Waals surface area contributed by atoms with Crippen LogP contribution in [-0.4, -0.2) is 77.0 Å². The van der Waals surface area contributed by atoms with E-state index in [4.69, 9.17) is 4.98 Å². The minimum atomic E-state index is 0.0959. The molecule has 0 aliphatic carbocycles. The van der Waals surface area contributed by atoms with Crippen LogP contribution in [0.4, 0.5) is 15.6 Å². The number of aryl methyl sites for hydroxylation is 1. The third-order valence-corrected chi connectivity index (χ3v) is 9.58. The van der Waals surface area contributed by atoms with Gasteiger partial charge in [0.1, 0.15) is 5.82 Å². The van der Waals surface area contributed by atoms with Crippen molar-refractivity contribution in [3.8, 4) is 0 Å². The van der Waals surface area contributed by atoms with Crippen LogP contribution in [0, 0.1) is 0 Å². The summed E-state index contributed by atoms with van der Waals surface area (Å²) in [7, 11) is 3.70. The maximum Gasteiger partial charge on any atom is 0.323 e. The van der Waals surface area contributed by atoms with Gasteiger partial charge in [0.25, 0.3) is 0 Å². The van der Waals surface area contributed by atoms with Gasteiger partial charge < -0.3 is 14.7 Å². The lowest BCUT2D eigenvalue weighted by molar-refractivity contribution is 0.0949. The number of rotatable bonds is 3. The number of carbonyl (C=O) groups excluding carboxylic acids is 1. The predicted molar refractivity (Wildman–Crippen MR) is 137 cm³/mol. The lowest BCUT2D eigenvalue weighted by atomic mass is 9.73. The summed E-state index contributed by atoms with van der Waals surface area (Å²) in [6.07, 6.45) is 8.24. The molecule has 1 aromatic carbocycles. The van der Waals surface area contributed by atoms with Crippen molar-refractivity contribution in [3.05, 3.63) is 35.7 Å². The minimum Gasteiger partial charge on any atom is -0.341 e. The number of carbonyl (C=O) groups is 1. The Morgan fingerprint density at radius 2 is 1.82 bits per heavy atom. The Labute approximate surface area is 206 Å². The van der Waals surface area contributed by atoms with Crippen LogP contribution in [-0.2, 0) is 11.8 Å². The largest absolute Gasteiger partial charge is 0.341 e. The summed E-state index contributed by atoms with van der Waals surface area (Å²) in [5.74, 6) is 0.987. The van der Waals surface area contributed by atoms with Gasteiger partial charge in [0.2, 0.25) is 5.13 Å². The van der Waals surface area contributed by atoms with Crippen LogP contribution in [0.5, 0.6) is 0 Å². The first-order chi connectivity index (χ1) is 16.5. The first kappa shape index (κ1) is 22.3. The fourth-order valence-corrected chi connectivity index (χ4v) is 7.93. The molecule has 4 aliphatic rings. The molecule has 3 saturated heterocycles. The van der Waals surface area contributed by atoms with Gasteiger partial charge in [-0.25, -0.2) is 9.78 Å². The summed E-state index contributed by atoms with van der Waals surface area (Å²) in [6, 6.07) is 10.6. The quantitative estimate of drug-likeness (QED) is 0.661. The number of aromatic nitrogens is 2. The number of hydrogen-bond donors (Lipinski definition) is 0. The number of anilines is 2. The van der Waals surface area contributed by atoms with Crippen molar-refractivity contribution >= 4 is 28.4 Å². The standard InChI is InChI=1S/C26H36N6OS/c1-4-23-27-24(34-28-23)32-18-9-10-19(32)16-20(15-18)30-13-11-26(12-14-30)17-31(25(33)29(2)3)22-8-6-5-7-21(22)26/h5-8,18-20H,4,9-17H2,1-3H3. The van der Waals surface area contributed by atoms with E-state index >= 15 is 0 Å². The number of benzene rings is 1. The zero-order valence-corrected chi connectivity index (χ0v) is 21.4. The van der Waals surface area contributed by atoms with E-state index in [-0.39, 0.29) is 11.4 Å². The Hall–Kier alpha value is -2.19. The summed E-state index contributed by atoms with van der Waals surface area (Å²) >= 11 is 1.59. The van der Waals surface area contributed by atoms with Crippen molar-refractivity contribution in [2.24, 2.45) is 0 Å².